The largest absolute Gasteiger partial charge is 0.461 e. The van der Waals surface area contributed by atoms with Crippen molar-refractivity contribution in [2.45, 2.75) is 50.5 Å². The number of thiophene rings is 1. The van der Waals surface area contributed by atoms with Crippen LogP contribution in [0.15, 0.2) is 48.8 Å². The van der Waals surface area contributed by atoms with Gasteiger partial charge in [0, 0.05) is 24.9 Å². The van der Waals surface area contributed by atoms with Crippen LogP contribution in [0, 0.1) is 16.0 Å². The van der Waals surface area contributed by atoms with E-state index in [2.05, 4.69) is 15.1 Å². The zero-order valence-electron chi connectivity index (χ0n) is 19.0. The third kappa shape index (κ3) is 6.44. The van der Waals surface area contributed by atoms with Gasteiger partial charge >= 0.3 is 5.97 Å². The average molecular weight is 501 g/mol. The monoisotopic (exact) mass is 500 g/mol. The molecule has 3 aromatic rings. The van der Waals surface area contributed by atoms with Crippen molar-refractivity contribution in [2.75, 3.05) is 11.9 Å². The Bertz CT molecular complexity index is 1110. The molecule has 0 bridgehead atoms. The Hall–Kier alpha value is -3.28. The smallest absolute Gasteiger partial charge is 0.309 e. The van der Waals surface area contributed by atoms with Crippen molar-refractivity contribution >= 4 is 32.4 Å². The molecular weight excluding hydrogens is 472 g/mol. The van der Waals surface area contributed by atoms with Crippen LogP contribution in [0.3, 0.4) is 0 Å². The third-order valence-corrected chi connectivity index (χ3v) is 7.30. The summed E-state index contributed by atoms with van der Waals surface area (Å²) in [4.78, 5) is 31.5. The fourth-order valence-electron chi connectivity index (χ4n) is 4.31. The summed E-state index contributed by atoms with van der Waals surface area (Å²) in [6, 6.07) is 11.3. The van der Waals surface area contributed by atoms with E-state index in [0.717, 1.165) is 26.2 Å². The van der Waals surface area contributed by atoms with E-state index in [1.165, 1.54) is 11.3 Å². The van der Waals surface area contributed by atoms with Gasteiger partial charge in [-0.1, -0.05) is 24.3 Å². The van der Waals surface area contributed by atoms with Gasteiger partial charge in [-0.05, 0) is 54.3 Å². The minimum absolute atomic E-state index is 0.133. The number of hydrogen-bond acceptors (Lipinski definition) is 10. The number of nitrogens with two attached hydrogens (primary N) is 1. The van der Waals surface area contributed by atoms with Crippen molar-refractivity contribution in [3.05, 3.63) is 70.0 Å². The van der Waals surface area contributed by atoms with E-state index < -0.39 is 17.4 Å². The van der Waals surface area contributed by atoms with Crippen molar-refractivity contribution in [1.29, 1.82) is 0 Å². The molecule has 1 aliphatic rings. The predicted octanol–water partition coefficient (Wildman–Crippen LogP) is 3.58. The molecule has 0 saturated heterocycles. The van der Waals surface area contributed by atoms with E-state index in [1.54, 1.807) is 12.4 Å². The highest BCUT2D eigenvalue weighted by Crippen LogP contribution is 2.31. The number of aliphatic hydroxyl groups is 1. The molecule has 0 spiro atoms. The van der Waals surface area contributed by atoms with Crippen LogP contribution in [-0.4, -0.2) is 40.0 Å². The molecule has 1 aromatic carbocycles. The van der Waals surface area contributed by atoms with Gasteiger partial charge in [0.25, 0.3) is 5.09 Å². The molecule has 4 N–H and O–H groups in total. The van der Waals surface area contributed by atoms with Gasteiger partial charge in [-0.2, -0.15) is 0 Å². The van der Waals surface area contributed by atoms with E-state index in [0.29, 0.717) is 25.7 Å². The number of carbonyl (C=O) groups is 1. The van der Waals surface area contributed by atoms with Crippen LogP contribution < -0.4 is 11.1 Å². The molecule has 11 heteroatoms. The molecular formula is C24H28N4O6S. The summed E-state index contributed by atoms with van der Waals surface area (Å²) in [5.41, 5.74) is 7.66. The number of nitrogens with one attached hydrogen (secondary N) is 1. The van der Waals surface area contributed by atoms with Gasteiger partial charge < -0.3 is 25.7 Å². The van der Waals surface area contributed by atoms with E-state index in [1.807, 2.05) is 36.4 Å². The molecule has 2 heterocycles. The van der Waals surface area contributed by atoms with Crippen molar-refractivity contribution in [3.63, 3.8) is 0 Å². The average Bonchev–Trinajstić information content (AvgIpc) is 3.26. The van der Waals surface area contributed by atoms with Crippen molar-refractivity contribution in [1.82, 2.24) is 4.98 Å². The molecule has 1 aliphatic carbocycles. The maximum atomic E-state index is 12.4. The van der Waals surface area contributed by atoms with Crippen LogP contribution in [0.4, 0.5) is 5.00 Å². The first-order valence-electron chi connectivity index (χ1n) is 11.5. The number of anilines is 1. The Morgan fingerprint density at radius 2 is 2.00 bits per heavy atom. The summed E-state index contributed by atoms with van der Waals surface area (Å²) in [5.74, 6) is -0.897. The fraction of sp³-hybridized carbons (Fsp3) is 0.417. The molecule has 10 nitrogen and oxygen atoms in total. The van der Waals surface area contributed by atoms with E-state index >= 15 is 0 Å². The topological polar surface area (TPSA) is 150 Å². The number of aromatic nitrogens is 1. The Labute approximate surface area is 206 Å². The highest BCUT2D eigenvalue weighted by Gasteiger charge is 2.29. The predicted molar refractivity (Wildman–Crippen MR) is 131 cm³/mol. The minimum Gasteiger partial charge on any atom is -0.461 e. The molecule has 0 amide bonds. The van der Waals surface area contributed by atoms with E-state index in [4.69, 9.17) is 10.5 Å². The van der Waals surface area contributed by atoms with E-state index in [9.17, 15) is 20.0 Å². The maximum absolute atomic E-state index is 12.4. The number of nitrogens with zero attached hydrogens (tertiary/aromatic N) is 2. The normalized spacial score (nSPS) is 19.6. The van der Waals surface area contributed by atoms with Gasteiger partial charge in [0.2, 0.25) is 0 Å². The van der Waals surface area contributed by atoms with Crippen LogP contribution in [0.5, 0.6) is 0 Å². The first-order chi connectivity index (χ1) is 16.9. The molecule has 4 rings (SSSR count). The lowest BCUT2D eigenvalue weighted by atomic mass is 9.87. The first-order valence-corrected chi connectivity index (χ1v) is 12.3. The standard InChI is InChI=1S/C24H28N4O6S/c25-12-20(23(29)27-22-11-18-9-10-26-13-21(18)35-22)16-3-1-15(2-4-16)14-33-24(30)17-5-7-19(8-6-17)34-28(31)32/h1-4,9-11,13,17,19-20,23,27,29H,5-8,12,14,25H2/t17?,19?,20-,23+/m1/s1. The second-order valence-corrected chi connectivity index (χ2v) is 9.69. The first kappa shape index (κ1) is 24.8. The highest BCUT2D eigenvalue weighted by molar-refractivity contribution is 7.22. The van der Waals surface area contributed by atoms with Crippen molar-refractivity contribution < 1.29 is 24.6 Å². The van der Waals surface area contributed by atoms with Gasteiger partial charge in [0.15, 0.2) is 0 Å². The molecule has 2 aromatic heterocycles. The number of esters is 1. The Balaban J connectivity index is 1.28. The number of benzene rings is 1. The SMILES string of the molecule is NC[C@H](c1ccc(COC(=O)C2CCC(O[N+](=O)[O-])CC2)cc1)[C@H](O)Nc1cc2ccncc2s1. The highest BCUT2D eigenvalue weighted by atomic mass is 32.1. The van der Waals surface area contributed by atoms with Crippen LogP contribution >= 0.6 is 11.3 Å². The lowest BCUT2D eigenvalue weighted by Gasteiger charge is -2.25. The molecule has 0 aliphatic heterocycles. The Kier molecular flexibility index (Phi) is 8.11. The second-order valence-electron chi connectivity index (χ2n) is 8.61. The zero-order chi connectivity index (χ0) is 24.8. The number of ether oxygens (including phenoxy) is 1. The number of fused-ring (bicyclic) bond motifs is 1. The van der Waals surface area contributed by atoms with Crippen molar-refractivity contribution in [2.24, 2.45) is 11.7 Å². The molecule has 2 atom stereocenters. The van der Waals surface area contributed by atoms with Crippen molar-refractivity contribution in [3.8, 4) is 0 Å². The van der Waals surface area contributed by atoms with Crippen LogP contribution in [-0.2, 0) is 21.0 Å². The van der Waals surface area contributed by atoms with E-state index in [-0.39, 0.29) is 31.0 Å². The zero-order valence-corrected chi connectivity index (χ0v) is 19.9. The maximum Gasteiger partial charge on any atom is 0.309 e. The van der Waals surface area contributed by atoms with Gasteiger partial charge in [0.05, 0.1) is 15.6 Å². The number of rotatable bonds is 10. The van der Waals surface area contributed by atoms with Gasteiger partial charge in [0.1, 0.15) is 18.9 Å². The van der Waals surface area contributed by atoms with Crippen LogP contribution in [0.1, 0.15) is 42.7 Å². The molecule has 0 unspecified atom stereocenters. The number of aliphatic hydroxyl groups excluding tert-OH is 1. The molecule has 35 heavy (non-hydrogen) atoms. The summed E-state index contributed by atoms with van der Waals surface area (Å²) in [6.45, 7) is 0.381. The third-order valence-electron chi connectivity index (χ3n) is 6.28. The molecule has 1 saturated carbocycles. The number of carbonyl (C=O) groups excluding carboxylic acids is 1. The summed E-state index contributed by atoms with van der Waals surface area (Å²) < 4.78 is 6.49. The number of hydrogen-bond donors (Lipinski definition) is 3. The number of pyridine rings is 1. The lowest BCUT2D eigenvalue weighted by Crippen LogP contribution is -2.32. The van der Waals surface area contributed by atoms with Crippen LogP contribution in [0.25, 0.3) is 10.1 Å². The summed E-state index contributed by atoms with van der Waals surface area (Å²) >= 11 is 1.51. The molecule has 186 valence electrons. The summed E-state index contributed by atoms with van der Waals surface area (Å²) in [7, 11) is 0. The quantitative estimate of drug-likeness (QED) is 0.164. The fourth-order valence-corrected chi connectivity index (χ4v) is 5.27. The van der Waals surface area contributed by atoms with Crippen LogP contribution in [0.2, 0.25) is 0 Å². The molecule has 0 radical (unpaired) electrons. The Morgan fingerprint density at radius 1 is 1.26 bits per heavy atom. The summed E-state index contributed by atoms with van der Waals surface area (Å²) in [5, 5.41) is 25.5. The minimum atomic E-state index is -0.876. The van der Waals surface area contributed by atoms with Gasteiger partial charge in [-0.3, -0.25) is 9.78 Å². The van der Waals surface area contributed by atoms with Gasteiger partial charge in [-0.15, -0.1) is 21.5 Å². The lowest BCUT2D eigenvalue weighted by molar-refractivity contribution is -0.769. The Morgan fingerprint density at radius 3 is 2.66 bits per heavy atom. The molecule has 1 fully saturated rings. The second kappa shape index (κ2) is 11.4. The summed E-state index contributed by atoms with van der Waals surface area (Å²) in [6.07, 6.45) is 4.15. The van der Waals surface area contributed by atoms with Gasteiger partial charge in [-0.25, -0.2) is 0 Å².